The average Bonchev–Trinajstić information content (AvgIpc) is 2.98. The molecule has 2 aliphatic heterocycles. The summed E-state index contributed by atoms with van der Waals surface area (Å²) in [7, 11) is 0. The molecule has 2 saturated heterocycles. The Balaban J connectivity index is 1.40. The maximum absolute atomic E-state index is 12.3. The number of morpholine rings is 1. The first kappa shape index (κ1) is 16.7. The molecule has 0 radical (unpaired) electrons. The summed E-state index contributed by atoms with van der Waals surface area (Å²) >= 11 is 0. The van der Waals surface area contributed by atoms with E-state index in [1.807, 2.05) is 4.90 Å². The molecule has 0 bridgehead atoms. The van der Waals surface area contributed by atoms with Crippen LogP contribution in [0.1, 0.15) is 38.5 Å². The topological polar surface area (TPSA) is 61.9 Å². The molecule has 0 spiro atoms. The van der Waals surface area contributed by atoms with Gasteiger partial charge in [-0.25, -0.2) is 0 Å². The van der Waals surface area contributed by atoms with Gasteiger partial charge in [0.15, 0.2) is 0 Å². The van der Waals surface area contributed by atoms with Crippen LogP contribution < -0.4 is 5.32 Å². The molecule has 1 saturated carbocycles. The van der Waals surface area contributed by atoms with Gasteiger partial charge >= 0.3 is 0 Å². The average molecular weight is 323 g/mol. The maximum Gasteiger partial charge on any atom is 0.225 e. The van der Waals surface area contributed by atoms with E-state index in [4.69, 9.17) is 4.74 Å². The Morgan fingerprint density at radius 1 is 1.17 bits per heavy atom. The van der Waals surface area contributed by atoms with Crippen molar-refractivity contribution in [2.45, 2.75) is 44.6 Å². The van der Waals surface area contributed by atoms with Crippen LogP contribution in [0.15, 0.2) is 0 Å². The molecule has 23 heavy (non-hydrogen) atoms. The van der Waals surface area contributed by atoms with Gasteiger partial charge < -0.3 is 15.0 Å². The zero-order valence-corrected chi connectivity index (χ0v) is 14.0. The predicted molar refractivity (Wildman–Crippen MR) is 87.0 cm³/mol. The fourth-order valence-corrected chi connectivity index (χ4v) is 3.96. The fraction of sp³-hybridized carbons (Fsp3) is 0.882. The SMILES string of the molecule is O=C(NCCN1CCOCC1)C1CC(=O)N(C2CCCCC2)C1. The van der Waals surface area contributed by atoms with Crippen LogP contribution in [0, 0.1) is 5.92 Å². The van der Waals surface area contributed by atoms with Crippen LogP contribution in [0.25, 0.3) is 0 Å². The molecular weight excluding hydrogens is 294 g/mol. The van der Waals surface area contributed by atoms with Crippen molar-refractivity contribution in [1.82, 2.24) is 15.1 Å². The zero-order valence-electron chi connectivity index (χ0n) is 14.0. The van der Waals surface area contributed by atoms with Crippen LogP contribution in [0.3, 0.4) is 0 Å². The maximum atomic E-state index is 12.3. The summed E-state index contributed by atoms with van der Waals surface area (Å²) in [6, 6.07) is 0.377. The lowest BCUT2D eigenvalue weighted by Gasteiger charge is -2.31. The Morgan fingerprint density at radius 2 is 1.91 bits per heavy atom. The molecule has 1 unspecified atom stereocenters. The molecule has 3 aliphatic rings. The van der Waals surface area contributed by atoms with E-state index in [-0.39, 0.29) is 17.7 Å². The molecule has 0 aromatic carbocycles. The summed E-state index contributed by atoms with van der Waals surface area (Å²) in [6.45, 7) is 5.57. The van der Waals surface area contributed by atoms with Crippen molar-refractivity contribution in [3.8, 4) is 0 Å². The molecule has 130 valence electrons. The number of rotatable bonds is 5. The summed E-state index contributed by atoms with van der Waals surface area (Å²) < 4.78 is 5.32. The number of ether oxygens (including phenoxy) is 1. The van der Waals surface area contributed by atoms with Crippen LogP contribution in [0.4, 0.5) is 0 Å². The Labute approximate surface area is 138 Å². The van der Waals surface area contributed by atoms with Gasteiger partial charge in [-0.2, -0.15) is 0 Å². The highest BCUT2D eigenvalue weighted by Crippen LogP contribution is 2.28. The Bertz CT molecular complexity index is 417. The molecule has 1 N–H and O–H groups in total. The van der Waals surface area contributed by atoms with Gasteiger partial charge in [0.2, 0.25) is 11.8 Å². The van der Waals surface area contributed by atoms with Crippen molar-refractivity contribution in [3.05, 3.63) is 0 Å². The number of nitrogens with one attached hydrogen (secondary N) is 1. The smallest absolute Gasteiger partial charge is 0.225 e. The van der Waals surface area contributed by atoms with Crippen LogP contribution in [-0.4, -0.2) is 73.6 Å². The fourth-order valence-electron chi connectivity index (χ4n) is 3.96. The number of likely N-dealkylation sites (tertiary alicyclic amines) is 1. The van der Waals surface area contributed by atoms with Crippen LogP contribution in [0.2, 0.25) is 0 Å². The highest BCUT2D eigenvalue weighted by atomic mass is 16.5. The van der Waals surface area contributed by atoms with E-state index in [1.54, 1.807) is 0 Å². The van der Waals surface area contributed by atoms with Gasteiger partial charge in [0, 0.05) is 45.2 Å². The molecule has 2 amide bonds. The second kappa shape index (κ2) is 8.11. The van der Waals surface area contributed by atoms with Gasteiger partial charge in [-0.3, -0.25) is 14.5 Å². The number of carbonyl (C=O) groups is 2. The van der Waals surface area contributed by atoms with Crippen molar-refractivity contribution >= 4 is 11.8 Å². The summed E-state index contributed by atoms with van der Waals surface area (Å²) in [4.78, 5) is 28.8. The minimum Gasteiger partial charge on any atom is -0.379 e. The monoisotopic (exact) mass is 323 g/mol. The molecule has 1 aliphatic carbocycles. The molecule has 3 fully saturated rings. The lowest BCUT2D eigenvalue weighted by atomic mass is 9.94. The molecular formula is C17H29N3O3. The first-order chi connectivity index (χ1) is 11.2. The summed E-state index contributed by atoms with van der Waals surface area (Å²) in [5.74, 6) is 0.0595. The van der Waals surface area contributed by atoms with E-state index in [9.17, 15) is 9.59 Å². The summed E-state index contributed by atoms with van der Waals surface area (Å²) in [6.07, 6.45) is 6.31. The van der Waals surface area contributed by atoms with Gasteiger partial charge in [-0.15, -0.1) is 0 Å². The van der Waals surface area contributed by atoms with Crippen LogP contribution in [0.5, 0.6) is 0 Å². The zero-order chi connectivity index (χ0) is 16.1. The third-order valence-corrected chi connectivity index (χ3v) is 5.38. The molecule has 6 nitrogen and oxygen atoms in total. The van der Waals surface area contributed by atoms with E-state index in [0.29, 0.717) is 25.6 Å². The van der Waals surface area contributed by atoms with Crippen molar-refractivity contribution in [2.75, 3.05) is 45.9 Å². The van der Waals surface area contributed by atoms with Crippen LogP contribution >= 0.6 is 0 Å². The van der Waals surface area contributed by atoms with Crippen molar-refractivity contribution in [2.24, 2.45) is 5.92 Å². The Morgan fingerprint density at radius 3 is 2.65 bits per heavy atom. The number of nitrogens with zero attached hydrogens (tertiary/aromatic N) is 2. The first-order valence-electron chi connectivity index (χ1n) is 9.11. The minimum atomic E-state index is -0.158. The largest absolute Gasteiger partial charge is 0.379 e. The van der Waals surface area contributed by atoms with Gasteiger partial charge in [-0.05, 0) is 12.8 Å². The molecule has 1 atom stereocenters. The summed E-state index contributed by atoms with van der Waals surface area (Å²) in [5, 5.41) is 3.02. The second-order valence-corrected chi connectivity index (χ2v) is 6.98. The van der Waals surface area contributed by atoms with Crippen molar-refractivity contribution in [1.29, 1.82) is 0 Å². The van der Waals surface area contributed by atoms with E-state index in [0.717, 1.165) is 45.7 Å². The highest BCUT2D eigenvalue weighted by Gasteiger charge is 2.37. The number of amides is 2. The number of hydrogen-bond donors (Lipinski definition) is 1. The van der Waals surface area contributed by atoms with Gasteiger partial charge in [0.05, 0.1) is 19.1 Å². The normalized spacial score (nSPS) is 27.4. The first-order valence-corrected chi connectivity index (χ1v) is 9.11. The quantitative estimate of drug-likeness (QED) is 0.805. The molecule has 6 heteroatoms. The lowest BCUT2D eigenvalue weighted by molar-refractivity contribution is -0.130. The number of hydrogen-bond acceptors (Lipinski definition) is 4. The van der Waals surface area contributed by atoms with E-state index >= 15 is 0 Å². The number of carbonyl (C=O) groups excluding carboxylic acids is 2. The third-order valence-electron chi connectivity index (χ3n) is 5.38. The van der Waals surface area contributed by atoms with E-state index in [2.05, 4.69) is 10.2 Å². The lowest BCUT2D eigenvalue weighted by Crippen LogP contribution is -2.43. The van der Waals surface area contributed by atoms with Crippen molar-refractivity contribution < 1.29 is 14.3 Å². The van der Waals surface area contributed by atoms with Crippen LogP contribution in [-0.2, 0) is 14.3 Å². The van der Waals surface area contributed by atoms with E-state index in [1.165, 1.54) is 19.3 Å². The minimum absolute atomic E-state index is 0.0462. The molecule has 0 aromatic rings. The Hall–Kier alpha value is -1.14. The molecule has 3 rings (SSSR count). The third kappa shape index (κ3) is 4.44. The predicted octanol–water partition coefficient (Wildman–Crippen LogP) is 0.616. The highest BCUT2D eigenvalue weighted by molar-refractivity contribution is 5.89. The second-order valence-electron chi connectivity index (χ2n) is 6.98. The Kier molecular flexibility index (Phi) is 5.89. The van der Waals surface area contributed by atoms with Gasteiger partial charge in [-0.1, -0.05) is 19.3 Å². The van der Waals surface area contributed by atoms with Crippen molar-refractivity contribution in [3.63, 3.8) is 0 Å². The van der Waals surface area contributed by atoms with Gasteiger partial charge in [0.25, 0.3) is 0 Å². The standard InChI is InChI=1S/C17H29N3O3/c21-16-12-14(13-20(16)15-4-2-1-3-5-15)17(22)18-6-7-19-8-10-23-11-9-19/h14-15H,1-13H2,(H,18,22). The molecule has 2 heterocycles. The van der Waals surface area contributed by atoms with Gasteiger partial charge in [0.1, 0.15) is 0 Å². The molecule has 0 aromatic heterocycles. The van der Waals surface area contributed by atoms with E-state index < -0.39 is 0 Å². The summed E-state index contributed by atoms with van der Waals surface area (Å²) in [5.41, 5.74) is 0.